The first kappa shape index (κ1) is 16.0. The van der Waals surface area contributed by atoms with Crippen LogP contribution in [0.3, 0.4) is 0 Å². The molecule has 128 valence electrons. The molecule has 1 unspecified atom stereocenters. The molecule has 0 radical (unpaired) electrons. The van der Waals surface area contributed by atoms with Crippen molar-refractivity contribution in [1.29, 1.82) is 0 Å². The summed E-state index contributed by atoms with van der Waals surface area (Å²) in [6.45, 7) is 2.83. The normalized spacial score (nSPS) is 26.7. The number of hydrogen-bond donors (Lipinski definition) is 1. The third kappa shape index (κ3) is 2.95. The zero-order valence-corrected chi connectivity index (χ0v) is 15.1. The van der Waals surface area contributed by atoms with Gasteiger partial charge in [0.15, 0.2) is 5.13 Å². The van der Waals surface area contributed by atoms with Crippen LogP contribution >= 0.6 is 11.3 Å². The second-order valence-electron chi connectivity index (χ2n) is 7.13. The topological polar surface area (TPSA) is 28.2 Å². The quantitative estimate of drug-likeness (QED) is 0.881. The lowest BCUT2D eigenvalue weighted by Gasteiger charge is -2.39. The highest BCUT2D eigenvalue weighted by molar-refractivity contribution is 7.13. The molecule has 5 heteroatoms. The summed E-state index contributed by atoms with van der Waals surface area (Å²) in [4.78, 5) is 7.30. The van der Waals surface area contributed by atoms with Crippen LogP contribution in [0.2, 0.25) is 0 Å². The van der Waals surface area contributed by atoms with E-state index in [2.05, 4.69) is 26.6 Å². The Bertz CT molecular complexity index is 715. The molecular weight excluding hydrogens is 321 g/mol. The Kier molecular flexibility index (Phi) is 4.31. The lowest BCUT2D eigenvalue weighted by molar-refractivity contribution is 0.117. The van der Waals surface area contributed by atoms with Crippen molar-refractivity contribution < 1.29 is 4.39 Å². The SMILES string of the molecule is CNc1nc(CN2[C@@H]3CC[C@H]2CC(c2ccc(F)c(C)c2)C3)cs1. The molecule has 0 saturated carbocycles. The van der Waals surface area contributed by atoms with Crippen LogP contribution in [-0.2, 0) is 6.54 Å². The third-order valence-corrected chi connectivity index (χ3v) is 6.56. The lowest BCUT2D eigenvalue weighted by Crippen LogP contribution is -2.41. The van der Waals surface area contributed by atoms with Crippen molar-refractivity contribution >= 4 is 16.5 Å². The summed E-state index contributed by atoms with van der Waals surface area (Å²) in [5.41, 5.74) is 3.26. The maximum atomic E-state index is 13.5. The van der Waals surface area contributed by atoms with Crippen LogP contribution in [0, 0.1) is 12.7 Å². The molecule has 1 aromatic heterocycles. The highest BCUT2D eigenvalue weighted by Gasteiger charge is 2.41. The van der Waals surface area contributed by atoms with Crippen molar-refractivity contribution in [2.24, 2.45) is 0 Å². The maximum absolute atomic E-state index is 13.5. The Morgan fingerprint density at radius 2 is 2.04 bits per heavy atom. The van der Waals surface area contributed by atoms with Gasteiger partial charge in [0.25, 0.3) is 0 Å². The third-order valence-electron chi connectivity index (χ3n) is 5.65. The van der Waals surface area contributed by atoms with Crippen molar-refractivity contribution in [3.8, 4) is 0 Å². The second-order valence-corrected chi connectivity index (χ2v) is 7.99. The van der Waals surface area contributed by atoms with Crippen LogP contribution in [-0.4, -0.2) is 29.0 Å². The molecule has 0 amide bonds. The number of aryl methyl sites for hydroxylation is 1. The van der Waals surface area contributed by atoms with Gasteiger partial charge in [0.1, 0.15) is 5.82 Å². The highest BCUT2D eigenvalue weighted by Crippen LogP contribution is 2.44. The molecule has 2 fully saturated rings. The molecule has 4 rings (SSSR count). The lowest BCUT2D eigenvalue weighted by atomic mass is 9.84. The molecule has 0 spiro atoms. The number of thiazole rings is 1. The van der Waals surface area contributed by atoms with Crippen molar-refractivity contribution in [2.75, 3.05) is 12.4 Å². The number of anilines is 1. The average molecular weight is 345 g/mol. The van der Waals surface area contributed by atoms with Gasteiger partial charge in [-0.1, -0.05) is 12.1 Å². The average Bonchev–Trinajstić information content (AvgIpc) is 3.12. The highest BCUT2D eigenvalue weighted by atomic mass is 32.1. The first-order valence-electron chi connectivity index (χ1n) is 8.78. The fourth-order valence-corrected chi connectivity index (χ4v) is 5.07. The van der Waals surface area contributed by atoms with Gasteiger partial charge in [-0.05, 0) is 55.7 Å². The van der Waals surface area contributed by atoms with E-state index in [0.717, 1.165) is 17.2 Å². The van der Waals surface area contributed by atoms with E-state index in [-0.39, 0.29) is 5.82 Å². The van der Waals surface area contributed by atoms with Crippen LogP contribution in [0.4, 0.5) is 9.52 Å². The molecule has 2 saturated heterocycles. The minimum atomic E-state index is -0.0944. The number of halogens is 1. The molecular formula is C19H24FN3S. The summed E-state index contributed by atoms with van der Waals surface area (Å²) in [6, 6.07) is 6.95. The van der Waals surface area contributed by atoms with Gasteiger partial charge in [0.05, 0.1) is 5.69 Å². The summed E-state index contributed by atoms with van der Waals surface area (Å²) in [7, 11) is 1.92. The van der Waals surface area contributed by atoms with E-state index >= 15 is 0 Å². The van der Waals surface area contributed by atoms with Crippen molar-refractivity contribution in [2.45, 2.75) is 57.2 Å². The summed E-state index contributed by atoms with van der Waals surface area (Å²) in [6.07, 6.45) is 4.93. The summed E-state index contributed by atoms with van der Waals surface area (Å²) >= 11 is 1.68. The van der Waals surface area contributed by atoms with Crippen LogP contribution < -0.4 is 5.32 Å². The van der Waals surface area contributed by atoms with E-state index in [1.54, 1.807) is 17.4 Å². The molecule has 3 heterocycles. The fraction of sp³-hybridized carbons (Fsp3) is 0.526. The number of nitrogens with one attached hydrogen (secondary N) is 1. The van der Waals surface area contributed by atoms with Gasteiger partial charge in [-0.25, -0.2) is 9.37 Å². The van der Waals surface area contributed by atoms with E-state index in [1.165, 1.54) is 36.9 Å². The first-order valence-corrected chi connectivity index (χ1v) is 9.66. The largest absolute Gasteiger partial charge is 0.365 e. The molecule has 2 aliphatic rings. The number of aromatic nitrogens is 1. The van der Waals surface area contributed by atoms with Gasteiger partial charge in [-0.2, -0.15) is 0 Å². The van der Waals surface area contributed by atoms with Gasteiger partial charge in [-0.3, -0.25) is 4.90 Å². The van der Waals surface area contributed by atoms with Gasteiger partial charge >= 0.3 is 0 Å². The minimum absolute atomic E-state index is 0.0944. The molecule has 2 aliphatic heterocycles. The van der Waals surface area contributed by atoms with Crippen molar-refractivity contribution in [1.82, 2.24) is 9.88 Å². The summed E-state index contributed by atoms with van der Waals surface area (Å²) in [5, 5.41) is 6.28. The predicted molar refractivity (Wildman–Crippen MR) is 97.1 cm³/mol. The molecule has 24 heavy (non-hydrogen) atoms. The Morgan fingerprint density at radius 1 is 1.29 bits per heavy atom. The molecule has 2 bridgehead atoms. The van der Waals surface area contributed by atoms with Crippen LogP contribution in [0.5, 0.6) is 0 Å². The van der Waals surface area contributed by atoms with Crippen LogP contribution in [0.1, 0.15) is 48.4 Å². The monoisotopic (exact) mass is 345 g/mol. The Hall–Kier alpha value is -1.46. The van der Waals surface area contributed by atoms with Crippen LogP contribution in [0.25, 0.3) is 0 Å². The molecule has 1 aromatic carbocycles. The molecule has 2 aromatic rings. The number of fused-ring (bicyclic) bond motifs is 2. The standard InChI is InChI=1S/C19H24FN3S/c1-12-7-13(3-6-18(12)20)14-8-16-4-5-17(9-14)23(16)10-15-11-24-19(21-2)22-15/h3,6-7,11,14,16-17H,4-5,8-10H2,1-2H3,(H,21,22)/t14?,16-,17+. The van der Waals surface area contributed by atoms with E-state index in [4.69, 9.17) is 0 Å². The minimum Gasteiger partial charge on any atom is -0.365 e. The van der Waals surface area contributed by atoms with E-state index in [1.807, 2.05) is 20.0 Å². The predicted octanol–water partition coefficient (Wildman–Crippen LogP) is 4.54. The molecule has 3 nitrogen and oxygen atoms in total. The Labute approximate surface area is 146 Å². The van der Waals surface area contributed by atoms with Gasteiger partial charge in [0, 0.05) is 31.1 Å². The number of benzene rings is 1. The maximum Gasteiger partial charge on any atom is 0.182 e. The first-order chi connectivity index (χ1) is 11.6. The molecule has 3 atom stereocenters. The smallest absolute Gasteiger partial charge is 0.182 e. The second kappa shape index (κ2) is 6.45. The summed E-state index contributed by atoms with van der Waals surface area (Å²) < 4.78 is 13.5. The number of rotatable bonds is 4. The zero-order chi connectivity index (χ0) is 16.7. The van der Waals surface area contributed by atoms with Crippen molar-refractivity contribution in [3.63, 3.8) is 0 Å². The van der Waals surface area contributed by atoms with E-state index < -0.39 is 0 Å². The van der Waals surface area contributed by atoms with Crippen LogP contribution in [0.15, 0.2) is 23.6 Å². The number of piperidine rings is 1. The Morgan fingerprint density at radius 3 is 2.67 bits per heavy atom. The fourth-order valence-electron chi connectivity index (χ4n) is 4.41. The van der Waals surface area contributed by atoms with Gasteiger partial charge in [-0.15, -0.1) is 11.3 Å². The molecule has 0 aliphatic carbocycles. The number of hydrogen-bond acceptors (Lipinski definition) is 4. The van der Waals surface area contributed by atoms with Gasteiger partial charge in [0.2, 0.25) is 0 Å². The molecule has 1 N–H and O–H groups in total. The zero-order valence-electron chi connectivity index (χ0n) is 14.3. The number of nitrogens with zero attached hydrogens (tertiary/aromatic N) is 2. The van der Waals surface area contributed by atoms with Gasteiger partial charge < -0.3 is 5.32 Å². The summed E-state index contributed by atoms with van der Waals surface area (Å²) in [5.74, 6) is 0.476. The van der Waals surface area contributed by atoms with Crippen molar-refractivity contribution in [3.05, 3.63) is 46.2 Å². The van der Waals surface area contributed by atoms with E-state index in [0.29, 0.717) is 18.0 Å². The Balaban J connectivity index is 1.47. The van der Waals surface area contributed by atoms with E-state index in [9.17, 15) is 4.39 Å².